The first kappa shape index (κ1) is 16.5. The van der Waals surface area contributed by atoms with E-state index in [1.54, 1.807) is 25.1 Å². The monoisotopic (exact) mass is 335 g/mol. The summed E-state index contributed by atoms with van der Waals surface area (Å²) in [4.78, 5) is 22.1. The van der Waals surface area contributed by atoms with Crippen LogP contribution in [0.25, 0.3) is 0 Å². The van der Waals surface area contributed by atoms with Crippen LogP contribution < -0.4 is 4.72 Å². The van der Waals surface area contributed by atoms with Crippen molar-refractivity contribution in [2.75, 3.05) is 4.72 Å². The lowest BCUT2D eigenvalue weighted by atomic mass is 10.1. The standard InChI is InChI=1S/C15H13NO6S/c1-9-4-2-3-5-13(9)23(21,22)16-12-7-10(14(17)18)6-11(8-12)15(19)20/h2-8,16H,1H3,(H,17,18)(H,19,20). The third-order valence-electron chi connectivity index (χ3n) is 3.06. The lowest BCUT2D eigenvalue weighted by Gasteiger charge is -2.11. The summed E-state index contributed by atoms with van der Waals surface area (Å²) in [6, 6.07) is 9.33. The molecule has 2 aromatic carbocycles. The summed E-state index contributed by atoms with van der Waals surface area (Å²) in [6.07, 6.45) is 0. The quantitative estimate of drug-likeness (QED) is 0.770. The summed E-state index contributed by atoms with van der Waals surface area (Å²) in [5.74, 6) is -2.71. The zero-order valence-corrected chi connectivity index (χ0v) is 12.8. The van der Waals surface area contributed by atoms with Gasteiger partial charge in [-0.25, -0.2) is 18.0 Å². The van der Waals surface area contributed by atoms with Crippen molar-refractivity contribution in [1.29, 1.82) is 0 Å². The highest BCUT2D eigenvalue weighted by Crippen LogP contribution is 2.21. The van der Waals surface area contributed by atoms with E-state index in [0.29, 0.717) is 5.56 Å². The molecule has 0 aliphatic heterocycles. The molecule has 0 fully saturated rings. The lowest BCUT2D eigenvalue weighted by Crippen LogP contribution is -2.15. The molecule has 0 heterocycles. The second-order valence-corrected chi connectivity index (χ2v) is 6.43. The number of hydrogen-bond donors (Lipinski definition) is 3. The van der Waals surface area contributed by atoms with Crippen molar-refractivity contribution in [3.05, 3.63) is 59.2 Å². The molecule has 0 amide bonds. The second-order valence-electron chi connectivity index (χ2n) is 4.78. The summed E-state index contributed by atoms with van der Waals surface area (Å²) in [5.41, 5.74) is -0.279. The molecule has 23 heavy (non-hydrogen) atoms. The van der Waals surface area contributed by atoms with Crippen LogP contribution in [0.15, 0.2) is 47.4 Å². The van der Waals surface area contributed by atoms with Gasteiger partial charge >= 0.3 is 11.9 Å². The van der Waals surface area contributed by atoms with E-state index in [4.69, 9.17) is 10.2 Å². The van der Waals surface area contributed by atoms with Crippen LogP contribution in [0.3, 0.4) is 0 Å². The number of rotatable bonds is 5. The average molecular weight is 335 g/mol. The molecular weight excluding hydrogens is 322 g/mol. The number of sulfonamides is 1. The molecule has 0 radical (unpaired) electrons. The van der Waals surface area contributed by atoms with Crippen molar-refractivity contribution in [3.63, 3.8) is 0 Å². The van der Waals surface area contributed by atoms with Crippen LogP contribution in [-0.2, 0) is 10.0 Å². The van der Waals surface area contributed by atoms with E-state index < -0.39 is 22.0 Å². The van der Waals surface area contributed by atoms with Gasteiger partial charge in [-0.2, -0.15) is 0 Å². The lowest BCUT2D eigenvalue weighted by molar-refractivity contribution is 0.0696. The first-order chi connectivity index (χ1) is 10.7. The van der Waals surface area contributed by atoms with E-state index >= 15 is 0 Å². The van der Waals surface area contributed by atoms with Gasteiger partial charge in [-0.05, 0) is 36.8 Å². The topological polar surface area (TPSA) is 121 Å². The minimum absolute atomic E-state index is 0.0256. The highest BCUT2D eigenvalue weighted by Gasteiger charge is 2.19. The summed E-state index contributed by atoms with van der Waals surface area (Å²) < 4.78 is 27.0. The Morgan fingerprint density at radius 3 is 1.96 bits per heavy atom. The summed E-state index contributed by atoms with van der Waals surface area (Å²) in [6.45, 7) is 1.62. The molecule has 2 aromatic rings. The Morgan fingerprint density at radius 1 is 0.957 bits per heavy atom. The molecule has 120 valence electrons. The van der Waals surface area contributed by atoms with Crippen molar-refractivity contribution in [1.82, 2.24) is 0 Å². The Morgan fingerprint density at radius 2 is 1.48 bits per heavy atom. The van der Waals surface area contributed by atoms with Crippen LogP contribution in [0.4, 0.5) is 5.69 Å². The van der Waals surface area contributed by atoms with E-state index in [0.717, 1.165) is 18.2 Å². The van der Waals surface area contributed by atoms with E-state index in [1.165, 1.54) is 6.07 Å². The van der Waals surface area contributed by atoms with Gasteiger partial charge in [0.2, 0.25) is 0 Å². The summed E-state index contributed by atoms with van der Waals surface area (Å²) in [7, 11) is -3.96. The largest absolute Gasteiger partial charge is 0.478 e. The van der Waals surface area contributed by atoms with Gasteiger partial charge in [0.05, 0.1) is 21.7 Å². The predicted molar refractivity (Wildman–Crippen MR) is 82.3 cm³/mol. The molecule has 0 atom stereocenters. The van der Waals surface area contributed by atoms with Gasteiger partial charge < -0.3 is 10.2 Å². The van der Waals surface area contributed by atoms with Crippen molar-refractivity contribution >= 4 is 27.6 Å². The summed E-state index contributed by atoms with van der Waals surface area (Å²) in [5, 5.41) is 18.0. The summed E-state index contributed by atoms with van der Waals surface area (Å²) >= 11 is 0. The maximum atomic E-state index is 12.4. The highest BCUT2D eigenvalue weighted by molar-refractivity contribution is 7.92. The molecule has 8 heteroatoms. The first-order valence-corrected chi connectivity index (χ1v) is 7.89. The molecule has 0 bridgehead atoms. The third-order valence-corrected chi connectivity index (χ3v) is 4.60. The molecule has 0 aliphatic rings. The molecule has 0 aromatic heterocycles. The highest BCUT2D eigenvalue weighted by atomic mass is 32.2. The van der Waals surface area contributed by atoms with Crippen molar-refractivity contribution in [3.8, 4) is 0 Å². The van der Waals surface area contributed by atoms with Crippen LogP contribution in [0.5, 0.6) is 0 Å². The maximum Gasteiger partial charge on any atom is 0.335 e. The zero-order valence-electron chi connectivity index (χ0n) is 12.0. The van der Waals surface area contributed by atoms with Gasteiger partial charge in [-0.1, -0.05) is 18.2 Å². The molecule has 2 rings (SSSR count). The predicted octanol–water partition coefficient (Wildman–Crippen LogP) is 2.19. The minimum Gasteiger partial charge on any atom is -0.478 e. The number of aryl methyl sites for hydroxylation is 1. The number of benzene rings is 2. The molecule has 3 N–H and O–H groups in total. The van der Waals surface area contributed by atoms with Crippen molar-refractivity contribution in [2.24, 2.45) is 0 Å². The van der Waals surface area contributed by atoms with Crippen LogP contribution >= 0.6 is 0 Å². The van der Waals surface area contributed by atoms with Crippen molar-refractivity contribution < 1.29 is 28.2 Å². The van der Waals surface area contributed by atoms with Crippen molar-refractivity contribution in [2.45, 2.75) is 11.8 Å². The number of nitrogens with one attached hydrogen (secondary N) is 1. The number of hydrogen-bond acceptors (Lipinski definition) is 4. The third kappa shape index (κ3) is 3.67. The normalized spacial score (nSPS) is 11.0. The SMILES string of the molecule is Cc1ccccc1S(=O)(=O)Nc1cc(C(=O)O)cc(C(=O)O)c1. The number of carboxylic acids is 2. The molecule has 0 saturated heterocycles. The van der Waals surface area contributed by atoms with Crippen LogP contribution in [0, 0.1) is 6.92 Å². The first-order valence-electron chi connectivity index (χ1n) is 6.41. The number of aromatic carboxylic acids is 2. The molecule has 0 aliphatic carbocycles. The van der Waals surface area contributed by atoms with E-state index in [9.17, 15) is 18.0 Å². The number of carboxylic acid groups (broad SMARTS) is 2. The van der Waals surface area contributed by atoms with Crippen LogP contribution in [0.1, 0.15) is 26.3 Å². The fourth-order valence-electron chi connectivity index (χ4n) is 2.00. The number of carbonyl (C=O) groups is 2. The molecule has 0 unspecified atom stereocenters. The Bertz CT molecular complexity index is 856. The van der Waals surface area contributed by atoms with Crippen LogP contribution in [-0.4, -0.2) is 30.6 Å². The fraction of sp³-hybridized carbons (Fsp3) is 0.0667. The maximum absolute atomic E-state index is 12.4. The van der Waals surface area contributed by atoms with Gasteiger partial charge in [0.25, 0.3) is 10.0 Å². The Kier molecular flexibility index (Phi) is 4.37. The Labute approximate surface area is 132 Å². The second kappa shape index (κ2) is 6.09. The van der Waals surface area contributed by atoms with Gasteiger partial charge in [0, 0.05) is 0 Å². The fourth-order valence-corrected chi connectivity index (χ4v) is 3.29. The van der Waals surface area contributed by atoms with Gasteiger partial charge in [0.15, 0.2) is 0 Å². The molecule has 7 nitrogen and oxygen atoms in total. The Hall–Kier alpha value is -2.87. The average Bonchev–Trinajstić information content (AvgIpc) is 2.46. The van der Waals surface area contributed by atoms with E-state index in [2.05, 4.69) is 4.72 Å². The molecule has 0 saturated carbocycles. The van der Waals surface area contributed by atoms with E-state index in [1.807, 2.05) is 0 Å². The minimum atomic E-state index is -3.96. The van der Waals surface area contributed by atoms with Gasteiger partial charge in [0.1, 0.15) is 0 Å². The Balaban J connectivity index is 2.49. The van der Waals surface area contributed by atoms with Gasteiger partial charge in [-0.15, -0.1) is 0 Å². The van der Waals surface area contributed by atoms with Gasteiger partial charge in [-0.3, -0.25) is 4.72 Å². The van der Waals surface area contributed by atoms with E-state index in [-0.39, 0.29) is 21.7 Å². The smallest absolute Gasteiger partial charge is 0.335 e. The zero-order chi connectivity index (χ0) is 17.2. The van der Waals surface area contributed by atoms with Crippen LogP contribution in [0.2, 0.25) is 0 Å². The molecular formula is C15H13NO6S. The number of anilines is 1. The molecule has 0 spiro atoms.